The van der Waals surface area contributed by atoms with E-state index in [9.17, 15) is 18.0 Å². The van der Waals surface area contributed by atoms with Crippen LogP contribution in [0.5, 0.6) is 5.75 Å². The van der Waals surface area contributed by atoms with E-state index in [4.69, 9.17) is 4.74 Å². The zero-order valence-corrected chi connectivity index (χ0v) is 19.5. The number of hydrogen-bond acceptors (Lipinski definition) is 5. The maximum Gasteiger partial charge on any atom is 0.206 e. The van der Waals surface area contributed by atoms with E-state index in [-0.39, 0.29) is 9.79 Å². The molecule has 0 unspecified atom stereocenters. The highest BCUT2D eigenvalue weighted by atomic mass is 32.2. The Labute approximate surface area is 198 Å². The number of sulfone groups is 1. The van der Waals surface area contributed by atoms with Crippen LogP contribution in [0.1, 0.15) is 26.3 Å². The summed E-state index contributed by atoms with van der Waals surface area (Å²) in [4.78, 5) is 22.9. The average molecular weight is 471 g/mol. The number of benzene rings is 4. The summed E-state index contributed by atoms with van der Waals surface area (Å²) in [7, 11) is -2.21. The maximum absolute atomic E-state index is 13.1. The summed E-state index contributed by atoms with van der Waals surface area (Å²) in [6.07, 6.45) is 1.54. The minimum atomic E-state index is -3.71. The van der Waals surface area contributed by atoms with Crippen LogP contribution in [-0.2, 0) is 9.84 Å². The summed E-state index contributed by atoms with van der Waals surface area (Å²) >= 11 is 0. The number of carbonyl (C=O) groups excluding carboxylic acids is 2. The van der Waals surface area contributed by atoms with Crippen molar-refractivity contribution in [2.75, 3.05) is 7.11 Å². The van der Waals surface area contributed by atoms with Gasteiger partial charge in [0.25, 0.3) is 0 Å². The van der Waals surface area contributed by atoms with Gasteiger partial charge in [0.15, 0.2) is 6.29 Å². The topological polar surface area (TPSA) is 77.5 Å². The summed E-state index contributed by atoms with van der Waals surface area (Å²) in [5, 5.41) is 0. The Morgan fingerprint density at radius 1 is 0.618 bits per heavy atom. The molecule has 0 N–H and O–H groups in total. The summed E-state index contributed by atoms with van der Waals surface area (Å²) in [6, 6.07) is 23.9. The van der Waals surface area contributed by atoms with Crippen LogP contribution in [0.2, 0.25) is 0 Å². The molecular weight excluding hydrogens is 448 g/mol. The fourth-order valence-corrected chi connectivity index (χ4v) is 5.00. The molecule has 0 aliphatic carbocycles. The normalized spacial score (nSPS) is 11.1. The van der Waals surface area contributed by atoms with Crippen LogP contribution in [0.25, 0.3) is 22.3 Å². The molecule has 0 aromatic heterocycles. The molecule has 4 aromatic rings. The first-order chi connectivity index (χ1) is 16.4. The molecule has 4 rings (SSSR count). The van der Waals surface area contributed by atoms with Crippen LogP contribution in [0.3, 0.4) is 0 Å². The summed E-state index contributed by atoms with van der Waals surface area (Å²) in [6.45, 7) is 1.87. The first-order valence-electron chi connectivity index (χ1n) is 10.5. The molecule has 5 nitrogen and oxygen atoms in total. The predicted octanol–water partition coefficient (Wildman–Crippen LogP) is 5.80. The molecule has 34 heavy (non-hydrogen) atoms. The SMILES string of the molecule is COc1ccc(-c2ccc(S(=O)(=O)c3ccc(-c4ccc(C)c(C=O)c4)cc3)cc2)cc1C=O. The molecule has 0 atom stereocenters. The first kappa shape index (κ1) is 23.1. The lowest BCUT2D eigenvalue weighted by atomic mass is 10.0. The fraction of sp³-hybridized carbons (Fsp3) is 0.0714. The molecule has 170 valence electrons. The van der Waals surface area contributed by atoms with Crippen molar-refractivity contribution in [2.45, 2.75) is 16.7 Å². The van der Waals surface area contributed by atoms with Gasteiger partial charge in [-0.15, -0.1) is 0 Å². The third kappa shape index (κ3) is 4.40. The van der Waals surface area contributed by atoms with Crippen molar-refractivity contribution in [3.63, 3.8) is 0 Å². The predicted molar refractivity (Wildman–Crippen MR) is 131 cm³/mol. The lowest BCUT2D eigenvalue weighted by Gasteiger charge is -2.10. The molecule has 0 radical (unpaired) electrons. The van der Waals surface area contributed by atoms with Gasteiger partial charge in [-0.2, -0.15) is 0 Å². The second kappa shape index (κ2) is 9.45. The highest BCUT2D eigenvalue weighted by molar-refractivity contribution is 7.91. The Morgan fingerprint density at radius 2 is 1.06 bits per heavy atom. The third-order valence-electron chi connectivity index (χ3n) is 5.76. The molecule has 0 fully saturated rings. The Kier molecular flexibility index (Phi) is 6.43. The molecule has 0 amide bonds. The highest BCUT2D eigenvalue weighted by Crippen LogP contribution is 2.29. The van der Waals surface area contributed by atoms with Crippen LogP contribution in [0.15, 0.2) is 94.7 Å². The van der Waals surface area contributed by atoms with Gasteiger partial charge in [0.1, 0.15) is 12.0 Å². The minimum absolute atomic E-state index is 0.173. The van der Waals surface area contributed by atoms with Gasteiger partial charge in [-0.25, -0.2) is 8.42 Å². The van der Waals surface area contributed by atoms with Gasteiger partial charge in [-0.3, -0.25) is 9.59 Å². The average Bonchev–Trinajstić information content (AvgIpc) is 2.88. The van der Waals surface area contributed by atoms with Crippen molar-refractivity contribution in [3.05, 3.63) is 102 Å². The van der Waals surface area contributed by atoms with Gasteiger partial charge in [-0.05, 0) is 77.2 Å². The standard InChI is InChI=1S/C28H22O5S/c1-19-3-4-22(15-24(19)17-29)20-5-10-26(11-6-20)34(31,32)27-12-7-21(8-13-27)23-9-14-28(33-2)25(16-23)18-30/h3-18H,1-2H3. The van der Waals surface area contributed by atoms with E-state index in [1.54, 1.807) is 66.7 Å². The van der Waals surface area contributed by atoms with Crippen LogP contribution in [-0.4, -0.2) is 28.1 Å². The second-order valence-electron chi connectivity index (χ2n) is 7.82. The smallest absolute Gasteiger partial charge is 0.206 e. The molecular formula is C28H22O5S. The van der Waals surface area contributed by atoms with Gasteiger partial charge < -0.3 is 4.74 Å². The van der Waals surface area contributed by atoms with E-state index in [0.29, 0.717) is 16.9 Å². The van der Waals surface area contributed by atoms with Crippen molar-refractivity contribution in [1.82, 2.24) is 0 Å². The zero-order chi connectivity index (χ0) is 24.3. The molecule has 0 saturated heterocycles. The fourth-order valence-electron chi connectivity index (χ4n) is 3.74. The summed E-state index contributed by atoms with van der Waals surface area (Å²) in [5.74, 6) is 0.481. The number of carbonyl (C=O) groups is 2. The monoisotopic (exact) mass is 470 g/mol. The molecule has 4 aromatic carbocycles. The van der Waals surface area contributed by atoms with E-state index in [2.05, 4.69) is 0 Å². The number of aldehydes is 2. The van der Waals surface area contributed by atoms with Crippen molar-refractivity contribution in [1.29, 1.82) is 0 Å². The molecule has 0 aliphatic heterocycles. The number of methoxy groups -OCH3 is 1. The Balaban J connectivity index is 1.61. The van der Waals surface area contributed by atoms with Gasteiger partial charge >= 0.3 is 0 Å². The molecule has 0 heterocycles. The van der Waals surface area contributed by atoms with E-state index in [1.807, 2.05) is 25.1 Å². The summed E-state index contributed by atoms with van der Waals surface area (Å²) in [5.41, 5.74) is 5.14. The summed E-state index contributed by atoms with van der Waals surface area (Å²) < 4.78 is 31.5. The number of aryl methyl sites for hydroxylation is 1. The van der Waals surface area contributed by atoms with Gasteiger partial charge in [-0.1, -0.05) is 42.5 Å². The van der Waals surface area contributed by atoms with Crippen LogP contribution < -0.4 is 4.74 Å². The Hall–Kier alpha value is -4.03. The van der Waals surface area contributed by atoms with Crippen molar-refractivity contribution in [3.8, 4) is 28.0 Å². The molecule has 0 bridgehead atoms. The van der Waals surface area contributed by atoms with Crippen molar-refractivity contribution < 1.29 is 22.7 Å². The van der Waals surface area contributed by atoms with Crippen molar-refractivity contribution in [2.24, 2.45) is 0 Å². The molecule has 0 spiro atoms. The lowest BCUT2D eigenvalue weighted by molar-refractivity contribution is 0.111. The van der Waals surface area contributed by atoms with Crippen molar-refractivity contribution >= 4 is 22.4 Å². The number of ether oxygens (including phenoxy) is 1. The van der Waals surface area contributed by atoms with Crippen LogP contribution >= 0.6 is 0 Å². The number of hydrogen-bond donors (Lipinski definition) is 0. The first-order valence-corrected chi connectivity index (χ1v) is 12.0. The minimum Gasteiger partial charge on any atom is -0.496 e. The quantitative estimate of drug-likeness (QED) is 0.319. The van der Waals surface area contributed by atoms with E-state index >= 15 is 0 Å². The van der Waals surface area contributed by atoms with Crippen LogP contribution in [0, 0.1) is 6.92 Å². The zero-order valence-electron chi connectivity index (χ0n) is 18.7. The highest BCUT2D eigenvalue weighted by Gasteiger charge is 2.18. The largest absolute Gasteiger partial charge is 0.496 e. The maximum atomic E-state index is 13.1. The second-order valence-corrected chi connectivity index (χ2v) is 9.77. The Bertz CT molecular complexity index is 1470. The van der Waals surface area contributed by atoms with Crippen LogP contribution in [0.4, 0.5) is 0 Å². The molecule has 0 aliphatic rings. The molecule has 6 heteroatoms. The van der Waals surface area contributed by atoms with E-state index < -0.39 is 9.84 Å². The van der Waals surface area contributed by atoms with Gasteiger partial charge in [0, 0.05) is 5.56 Å². The lowest BCUT2D eigenvalue weighted by Crippen LogP contribution is -2.02. The number of rotatable bonds is 7. The van der Waals surface area contributed by atoms with Gasteiger partial charge in [0.05, 0.1) is 22.5 Å². The van der Waals surface area contributed by atoms with E-state index in [0.717, 1.165) is 40.4 Å². The Morgan fingerprint density at radius 3 is 1.53 bits per heavy atom. The van der Waals surface area contributed by atoms with Gasteiger partial charge in [0.2, 0.25) is 9.84 Å². The third-order valence-corrected chi connectivity index (χ3v) is 7.54. The van der Waals surface area contributed by atoms with E-state index in [1.165, 1.54) is 7.11 Å². The molecule has 0 saturated carbocycles.